The van der Waals surface area contributed by atoms with Gasteiger partial charge in [0, 0.05) is 6.42 Å². The Morgan fingerprint density at radius 3 is 1.50 bits per heavy atom. The fraction of sp³-hybridized carbons (Fsp3) is 0.500. The summed E-state index contributed by atoms with van der Waals surface area (Å²) in [5.74, 6) is -0.399. The van der Waals surface area contributed by atoms with Gasteiger partial charge in [0.15, 0.2) is 27.0 Å². The molecule has 0 aliphatic rings. The maximum atomic E-state index is 15.5. The Balaban J connectivity index is 2.37. The molecule has 0 saturated heterocycles. The molecule has 2 aromatic carbocycles. The maximum absolute atomic E-state index is 15.5. The van der Waals surface area contributed by atoms with Crippen LogP contribution in [0.25, 0.3) is 0 Å². The summed E-state index contributed by atoms with van der Waals surface area (Å²) in [6, 6.07) is 16.5. The van der Waals surface area contributed by atoms with E-state index in [9.17, 15) is 8.42 Å². The van der Waals surface area contributed by atoms with Gasteiger partial charge in [-0.3, -0.25) is 4.55 Å². The zero-order valence-electron chi connectivity index (χ0n) is 18.7. The van der Waals surface area contributed by atoms with Gasteiger partial charge < -0.3 is 0 Å². The molecule has 1 N–H and O–H groups in total. The first-order valence-corrected chi connectivity index (χ1v) is 15.2. The highest BCUT2D eigenvalue weighted by molar-refractivity contribution is 7.85. The van der Waals surface area contributed by atoms with Crippen LogP contribution in [0.4, 0.5) is 4.39 Å². The average Bonchev–Trinajstić information content (AvgIpc) is 2.60. The van der Waals surface area contributed by atoms with E-state index >= 15 is 4.39 Å². The van der Waals surface area contributed by atoms with Crippen LogP contribution < -0.4 is 19.8 Å². The van der Waals surface area contributed by atoms with E-state index in [2.05, 4.69) is 65.8 Å². The van der Waals surface area contributed by atoms with E-state index in [-0.39, 0.29) is 23.7 Å². The van der Waals surface area contributed by atoms with Crippen molar-refractivity contribution < 1.29 is 37.2 Å². The van der Waals surface area contributed by atoms with E-state index in [1.165, 1.54) is 11.1 Å². The highest BCUT2D eigenvalue weighted by Gasteiger charge is 2.37. The predicted octanol–water partition coefficient (Wildman–Crippen LogP) is 2.91. The van der Waals surface area contributed by atoms with Crippen LogP contribution >= 0.6 is 0 Å². The Hall–Kier alpha value is -0.990. The first kappa shape index (κ1) is 25.3. The molecule has 1 atom stereocenters. The Morgan fingerprint density at radius 1 is 0.833 bits per heavy atom. The van der Waals surface area contributed by atoms with Crippen LogP contribution in [0.1, 0.15) is 65.5 Å². The summed E-state index contributed by atoms with van der Waals surface area (Å²) in [4.78, 5) is 0. The SMILES string of the molecule is CC(C)(C)c1ccc([I+](c2ccc(C(C)(C)C)cc2)C(F)CCCS(=O)(=O)O)cc1. The fourth-order valence-electron chi connectivity index (χ4n) is 3.10. The molecule has 0 heterocycles. The Labute approximate surface area is 188 Å². The molecule has 6 heteroatoms. The second kappa shape index (κ2) is 9.65. The van der Waals surface area contributed by atoms with Gasteiger partial charge in [-0.2, -0.15) is 12.8 Å². The van der Waals surface area contributed by atoms with Crippen molar-refractivity contribution in [2.75, 3.05) is 5.75 Å². The van der Waals surface area contributed by atoms with Crippen molar-refractivity contribution in [1.29, 1.82) is 0 Å². The minimum Gasteiger partial charge on any atom is -0.286 e. The van der Waals surface area contributed by atoms with E-state index in [0.29, 0.717) is 0 Å². The summed E-state index contributed by atoms with van der Waals surface area (Å²) in [5, 5.41) is 0. The number of halogens is 2. The summed E-state index contributed by atoms with van der Waals surface area (Å²) in [5.41, 5.74) is 2.45. The molecule has 0 spiro atoms. The molecule has 0 aromatic heterocycles. The molecule has 0 aliphatic carbocycles. The van der Waals surface area contributed by atoms with E-state index in [4.69, 9.17) is 4.55 Å². The van der Waals surface area contributed by atoms with Gasteiger partial charge in [-0.1, -0.05) is 65.8 Å². The van der Waals surface area contributed by atoms with Gasteiger partial charge in [-0.25, -0.2) is 0 Å². The molecule has 0 saturated carbocycles. The Kier molecular flexibility index (Phi) is 8.13. The third kappa shape index (κ3) is 7.31. The predicted molar refractivity (Wildman–Crippen MR) is 118 cm³/mol. The smallest absolute Gasteiger partial charge is 0.264 e. The third-order valence-electron chi connectivity index (χ3n) is 4.95. The van der Waals surface area contributed by atoms with Crippen molar-refractivity contribution in [3.63, 3.8) is 0 Å². The first-order valence-electron chi connectivity index (χ1n) is 10.2. The van der Waals surface area contributed by atoms with Gasteiger partial charge in [0.2, 0.25) is 0 Å². The van der Waals surface area contributed by atoms with Crippen molar-refractivity contribution >= 4 is 10.1 Å². The van der Waals surface area contributed by atoms with Crippen molar-refractivity contribution in [3.8, 4) is 0 Å². The zero-order chi connectivity index (χ0) is 22.7. The number of benzene rings is 2. The van der Waals surface area contributed by atoms with Crippen molar-refractivity contribution in [2.24, 2.45) is 0 Å². The van der Waals surface area contributed by atoms with E-state index in [0.717, 1.165) is 7.14 Å². The molecule has 1 unspecified atom stereocenters. The molecule has 0 fully saturated rings. The average molecular weight is 549 g/mol. The minimum absolute atomic E-state index is 0.0243. The standard InChI is InChI=1S/C24H34FIO3S/c1-23(2,3)18-9-13-20(14-10-18)26(22(25)8-7-17-30(27,28)29)21-15-11-19(12-16-21)24(4,5)6/h9-16,22H,7-8,17H2,1-6H3,(H,27,28,29)/q+1. The monoisotopic (exact) mass is 548 g/mol. The molecule has 30 heavy (non-hydrogen) atoms. The lowest BCUT2D eigenvalue weighted by Gasteiger charge is -2.20. The number of hydrogen-bond donors (Lipinski definition) is 1. The molecule has 3 nitrogen and oxygen atoms in total. The van der Waals surface area contributed by atoms with Crippen LogP contribution in [0.15, 0.2) is 48.5 Å². The lowest BCUT2D eigenvalue weighted by atomic mass is 9.87. The molecular formula is C24H34FIO3S+. The molecule has 0 bridgehead atoms. The van der Waals surface area contributed by atoms with Crippen LogP contribution in [0.5, 0.6) is 0 Å². The summed E-state index contributed by atoms with van der Waals surface area (Å²) >= 11 is -2.44. The fourth-order valence-corrected chi connectivity index (χ4v) is 9.24. The van der Waals surface area contributed by atoms with Crippen LogP contribution in [0.3, 0.4) is 0 Å². The van der Waals surface area contributed by atoms with Crippen LogP contribution in [0, 0.1) is 7.14 Å². The molecule has 2 rings (SSSR count). The van der Waals surface area contributed by atoms with Crippen molar-refractivity contribution in [2.45, 2.75) is 69.4 Å². The zero-order valence-corrected chi connectivity index (χ0v) is 21.7. The quantitative estimate of drug-likeness (QED) is 0.329. The van der Waals surface area contributed by atoms with Crippen molar-refractivity contribution in [3.05, 3.63) is 66.8 Å². The highest BCUT2D eigenvalue weighted by Crippen LogP contribution is 2.22. The first-order chi connectivity index (χ1) is 13.7. The van der Waals surface area contributed by atoms with Gasteiger partial charge in [-0.15, -0.1) is 0 Å². The van der Waals surface area contributed by atoms with Gasteiger partial charge in [-0.05, 0) is 52.6 Å². The minimum atomic E-state index is -4.07. The summed E-state index contributed by atoms with van der Waals surface area (Å²) in [6.07, 6.45) is 0.251. The van der Waals surface area contributed by atoms with E-state index in [1.807, 2.05) is 24.3 Å². The summed E-state index contributed by atoms with van der Waals surface area (Å²) in [7, 11) is -4.07. The molecule has 2 aromatic rings. The lowest BCUT2D eigenvalue weighted by molar-refractivity contribution is -0.899. The largest absolute Gasteiger partial charge is 0.286 e. The Morgan fingerprint density at radius 2 is 1.20 bits per heavy atom. The molecule has 0 aliphatic heterocycles. The number of alkyl halides is 2. The lowest BCUT2D eigenvalue weighted by Crippen LogP contribution is -3.88. The molecular weight excluding hydrogens is 514 g/mol. The topological polar surface area (TPSA) is 54.4 Å². The molecule has 0 amide bonds. The van der Waals surface area contributed by atoms with Gasteiger partial charge in [0.05, 0.1) is 5.75 Å². The van der Waals surface area contributed by atoms with E-state index < -0.39 is 39.9 Å². The van der Waals surface area contributed by atoms with Crippen LogP contribution in [0.2, 0.25) is 0 Å². The van der Waals surface area contributed by atoms with Crippen molar-refractivity contribution in [1.82, 2.24) is 0 Å². The van der Waals surface area contributed by atoms with Crippen LogP contribution in [-0.4, -0.2) is 22.9 Å². The highest BCUT2D eigenvalue weighted by atomic mass is 127. The van der Waals surface area contributed by atoms with Gasteiger partial charge in [0.1, 0.15) is 0 Å². The third-order valence-corrected chi connectivity index (χ3v) is 11.9. The second-order valence-corrected chi connectivity index (χ2v) is 16.8. The van der Waals surface area contributed by atoms with E-state index in [1.54, 1.807) is 0 Å². The molecule has 1 radical (unpaired) electrons. The van der Waals surface area contributed by atoms with Crippen LogP contribution in [-0.2, 0) is 20.9 Å². The Bertz CT molecular complexity index is 867. The maximum Gasteiger partial charge on any atom is 0.264 e. The molecule has 167 valence electrons. The second-order valence-electron chi connectivity index (χ2n) is 9.65. The summed E-state index contributed by atoms with van der Waals surface area (Å²) < 4.78 is 47.5. The van der Waals surface area contributed by atoms with Gasteiger partial charge >= 0.3 is 0 Å². The number of hydrogen-bond acceptors (Lipinski definition) is 2. The number of rotatable bonds is 7. The normalized spacial score (nSPS) is 14.2. The van der Waals surface area contributed by atoms with Gasteiger partial charge in [0.25, 0.3) is 14.3 Å². The summed E-state index contributed by atoms with van der Waals surface area (Å²) in [6.45, 7) is 12.9.